The maximum absolute atomic E-state index is 12.0. The summed E-state index contributed by atoms with van der Waals surface area (Å²) in [5, 5.41) is 5.47. The molecule has 0 fully saturated rings. The lowest BCUT2D eigenvalue weighted by atomic mass is 10.2. The third kappa shape index (κ3) is 5.49. The summed E-state index contributed by atoms with van der Waals surface area (Å²) in [5.41, 5.74) is 1.14. The predicted octanol–water partition coefficient (Wildman–Crippen LogP) is 3.22. The van der Waals surface area contributed by atoms with Crippen LogP contribution in [0.4, 0.5) is 5.69 Å². The Morgan fingerprint density at radius 3 is 2.32 bits per heavy atom. The van der Waals surface area contributed by atoms with Crippen molar-refractivity contribution in [3.8, 4) is 11.5 Å². The highest BCUT2D eigenvalue weighted by atomic mass is 79.9. The zero-order valence-electron chi connectivity index (χ0n) is 14.0. The first-order valence-electron chi connectivity index (χ1n) is 7.59. The second-order valence-electron chi connectivity index (χ2n) is 5.13. The molecule has 0 aliphatic heterocycles. The van der Waals surface area contributed by atoms with Gasteiger partial charge in [0.05, 0.1) is 14.2 Å². The first-order valence-corrected chi connectivity index (χ1v) is 8.38. The van der Waals surface area contributed by atoms with Crippen LogP contribution in [0.25, 0.3) is 0 Å². The summed E-state index contributed by atoms with van der Waals surface area (Å²) in [4.78, 5) is 23.9. The van der Waals surface area contributed by atoms with Crippen LogP contribution in [0.5, 0.6) is 11.5 Å². The molecule has 0 aromatic heterocycles. The van der Waals surface area contributed by atoms with Crippen LogP contribution in [0.3, 0.4) is 0 Å². The van der Waals surface area contributed by atoms with E-state index < -0.39 is 0 Å². The van der Waals surface area contributed by atoms with E-state index in [1.807, 2.05) is 0 Å². The Kier molecular flexibility index (Phi) is 6.82. The van der Waals surface area contributed by atoms with Crippen molar-refractivity contribution in [2.45, 2.75) is 6.42 Å². The Balaban J connectivity index is 1.82. The fraction of sp³-hybridized carbons (Fsp3) is 0.222. The number of carbonyl (C=O) groups is 2. The second kappa shape index (κ2) is 9.08. The molecule has 0 aliphatic carbocycles. The van der Waals surface area contributed by atoms with E-state index in [9.17, 15) is 9.59 Å². The van der Waals surface area contributed by atoms with Crippen molar-refractivity contribution >= 4 is 33.4 Å². The van der Waals surface area contributed by atoms with Crippen LogP contribution >= 0.6 is 15.9 Å². The Morgan fingerprint density at radius 2 is 1.68 bits per heavy atom. The molecule has 0 aliphatic rings. The van der Waals surface area contributed by atoms with Crippen LogP contribution in [0, 0.1) is 0 Å². The van der Waals surface area contributed by atoms with Gasteiger partial charge in [0.1, 0.15) is 0 Å². The maximum Gasteiger partial charge on any atom is 0.251 e. The molecule has 0 radical (unpaired) electrons. The van der Waals surface area contributed by atoms with E-state index >= 15 is 0 Å². The number of anilines is 1. The largest absolute Gasteiger partial charge is 0.493 e. The highest BCUT2D eigenvalue weighted by Gasteiger charge is 2.09. The van der Waals surface area contributed by atoms with E-state index in [0.29, 0.717) is 22.7 Å². The van der Waals surface area contributed by atoms with Gasteiger partial charge in [-0.05, 0) is 36.4 Å². The molecule has 6 nitrogen and oxygen atoms in total. The van der Waals surface area contributed by atoms with Crippen molar-refractivity contribution in [2.24, 2.45) is 0 Å². The van der Waals surface area contributed by atoms with Crippen molar-refractivity contribution in [2.75, 3.05) is 26.1 Å². The van der Waals surface area contributed by atoms with E-state index in [4.69, 9.17) is 9.47 Å². The molecule has 2 aromatic carbocycles. The molecular weight excluding hydrogens is 388 g/mol. The molecule has 2 amide bonds. The Labute approximate surface area is 154 Å². The Hall–Kier alpha value is -2.54. The van der Waals surface area contributed by atoms with Gasteiger partial charge in [-0.25, -0.2) is 0 Å². The number of methoxy groups -OCH3 is 2. The lowest BCUT2D eigenvalue weighted by Gasteiger charge is -2.11. The fourth-order valence-corrected chi connectivity index (χ4v) is 2.39. The molecule has 7 heteroatoms. The number of ether oxygens (including phenoxy) is 2. The van der Waals surface area contributed by atoms with Gasteiger partial charge in [0.2, 0.25) is 5.91 Å². The predicted molar refractivity (Wildman–Crippen MR) is 99.3 cm³/mol. The van der Waals surface area contributed by atoms with Crippen LogP contribution in [-0.4, -0.2) is 32.6 Å². The summed E-state index contributed by atoms with van der Waals surface area (Å²) in [6.45, 7) is 0.244. The molecule has 2 N–H and O–H groups in total. The Bertz CT molecular complexity index is 747. The van der Waals surface area contributed by atoms with Crippen LogP contribution < -0.4 is 20.1 Å². The third-order valence-corrected chi connectivity index (χ3v) is 3.94. The highest BCUT2D eigenvalue weighted by molar-refractivity contribution is 9.10. The highest BCUT2D eigenvalue weighted by Crippen LogP contribution is 2.29. The second-order valence-corrected chi connectivity index (χ2v) is 6.05. The number of benzene rings is 2. The zero-order valence-corrected chi connectivity index (χ0v) is 15.6. The fourth-order valence-electron chi connectivity index (χ4n) is 2.13. The van der Waals surface area contributed by atoms with Crippen molar-refractivity contribution in [3.63, 3.8) is 0 Å². The molecule has 0 atom stereocenters. The van der Waals surface area contributed by atoms with Crippen molar-refractivity contribution in [3.05, 3.63) is 52.5 Å². The van der Waals surface area contributed by atoms with Crippen LogP contribution in [0.2, 0.25) is 0 Å². The topological polar surface area (TPSA) is 76.7 Å². The van der Waals surface area contributed by atoms with Gasteiger partial charge in [-0.3, -0.25) is 9.59 Å². The number of amides is 2. The van der Waals surface area contributed by atoms with Gasteiger partial charge < -0.3 is 20.1 Å². The summed E-state index contributed by atoms with van der Waals surface area (Å²) in [6.07, 6.45) is 0.163. The minimum atomic E-state index is -0.216. The molecule has 25 heavy (non-hydrogen) atoms. The lowest BCUT2D eigenvalue weighted by Crippen LogP contribution is -2.27. The van der Waals surface area contributed by atoms with Crippen LogP contribution in [0.1, 0.15) is 16.8 Å². The van der Waals surface area contributed by atoms with Crippen molar-refractivity contribution < 1.29 is 19.1 Å². The summed E-state index contributed by atoms with van der Waals surface area (Å²) >= 11 is 3.32. The molecule has 0 heterocycles. The lowest BCUT2D eigenvalue weighted by molar-refractivity contribution is -0.116. The number of hydrogen-bond acceptors (Lipinski definition) is 4. The van der Waals surface area contributed by atoms with Crippen LogP contribution in [-0.2, 0) is 4.79 Å². The van der Waals surface area contributed by atoms with E-state index in [2.05, 4.69) is 26.6 Å². The molecule has 0 saturated carbocycles. The summed E-state index contributed by atoms with van der Waals surface area (Å²) in [5.74, 6) is 0.695. The first kappa shape index (κ1) is 18.8. The summed E-state index contributed by atoms with van der Waals surface area (Å²) in [7, 11) is 3.07. The van der Waals surface area contributed by atoms with Gasteiger partial charge in [0.25, 0.3) is 5.91 Å². The standard InChI is InChI=1S/C18H19BrN2O4/c1-24-15-8-7-14(11-16(15)25-2)21-17(22)9-10-20-18(23)12-3-5-13(19)6-4-12/h3-8,11H,9-10H2,1-2H3,(H,20,23)(H,21,22). The SMILES string of the molecule is COc1ccc(NC(=O)CCNC(=O)c2ccc(Br)cc2)cc1OC. The average Bonchev–Trinajstić information content (AvgIpc) is 2.62. The number of halogens is 1. The summed E-state index contributed by atoms with van der Waals surface area (Å²) < 4.78 is 11.2. The minimum Gasteiger partial charge on any atom is -0.493 e. The molecular formula is C18H19BrN2O4. The van der Waals surface area contributed by atoms with E-state index in [1.165, 1.54) is 7.11 Å². The monoisotopic (exact) mass is 406 g/mol. The molecule has 0 bridgehead atoms. The molecule has 2 rings (SSSR count). The van der Waals surface area contributed by atoms with Crippen LogP contribution in [0.15, 0.2) is 46.9 Å². The molecule has 132 valence electrons. The Morgan fingerprint density at radius 1 is 1.00 bits per heavy atom. The van der Waals surface area contributed by atoms with Gasteiger partial charge in [-0.1, -0.05) is 15.9 Å². The molecule has 0 saturated heterocycles. The van der Waals surface area contributed by atoms with E-state index in [-0.39, 0.29) is 24.8 Å². The molecule has 0 unspecified atom stereocenters. The smallest absolute Gasteiger partial charge is 0.251 e. The van der Waals surface area contributed by atoms with Gasteiger partial charge >= 0.3 is 0 Å². The van der Waals surface area contributed by atoms with Gasteiger partial charge in [0, 0.05) is 34.8 Å². The summed E-state index contributed by atoms with van der Waals surface area (Å²) in [6, 6.07) is 12.1. The van der Waals surface area contributed by atoms with E-state index in [0.717, 1.165) is 4.47 Å². The maximum atomic E-state index is 12.0. The quantitative estimate of drug-likeness (QED) is 0.739. The number of hydrogen-bond donors (Lipinski definition) is 2. The number of rotatable bonds is 7. The number of nitrogens with one attached hydrogen (secondary N) is 2. The molecule has 2 aromatic rings. The van der Waals surface area contributed by atoms with E-state index in [1.54, 1.807) is 49.6 Å². The average molecular weight is 407 g/mol. The third-order valence-electron chi connectivity index (χ3n) is 3.41. The minimum absolute atomic E-state index is 0.163. The van der Waals surface area contributed by atoms with Gasteiger partial charge in [0.15, 0.2) is 11.5 Å². The molecule has 0 spiro atoms. The normalized spacial score (nSPS) is 10.0. The van der Waals surface area contributed by atoms with Gasteiger partial charge in [-0.15, -0.1) is 0 Å². The number of carbonyl (C=O) groups excluding carboxylic acids is 2. The first-order chi connectivity index (χ1) is 12.0. The zero-order chi connectivity index (χ0) is 18.2. The van der Waals surface area contributed by atoms with Crippen molar-refractivity contribution in [1.29, 1.82) is 0 Å². The van der Waals surface area contributed by atoms with Crippen molar-refractivity contribution in [1.82, 2.24) is 5.32 Å². The van der Waals surface area contributed by atoms with Gasteiger partial charge in [-0.2, -0.15) is 0 Å².